The third-order valence-electron chi connectivity index (χ3n) is 3.63. The van der Waals surface area contributed by atoms with E-state index in [-0.39, 0.29) is 10.7 Å². The number of rotatable bonds is 5. The molecule has 0 spiro atoms. The SMILES string of the molecule is CCC(C)(C)C(C)(CC(C)C)C(=O)Cl. The first-order chi connectivity index (χ1) is 6.17. The zero-order valence-corrected chi connectivity index (χ0v) is 11.0. The lowest BCUT2D eigenvalue weighted by Gasteiger charge is -2.42. The molecule has 0 rings (SSSR count). The highest BCUT2D eigenvalue weighted by atomic mass is 35.5. The van der Waals surface area contributed by atoms with E-state index in [1.165, 1.54) is 0 Å². The van der Waals surface area contributed by atoms with Crippen LogP contribution in [0.15, 0.2) is 0 Å². The summed E-state index contributed by atoms with van der Waals surface area (Å²) in [7, 11) is 0. The summed E-state index contributed by atoms with van der Waals surface area (Å²) in [5, 5.41) is -0.196. The Kier molecular flexibility index (Phi) is 4.64. The molecule has 0 aromatic rings. The Morgan fingerprint density at radius 1 is 1.29 bits per heavy atom. The summed E-state index contributed by atoms with van der Waals surface area (Å²) in [6, 6.07) is 0. The molecular weight excluding hydrogens is 196 g/mol. The molecule has 0 bridgehead atoms. The van der Waals surface area contributed by atoms with E-state index in [0.717, 1.165) is 12.8 Å². The summed E-state index contributed by atoms with van der Waals surface area (Å²) in [6.45, 7) is 12.6. The minimum atomic E-state index is -0.405. The van der Waals surface area contributed by atoms with E-state index in [4.69, 9.17) is 11.6 Å². The number of halogens is 1. The van der Waals surface area contributed by atoms with Crippen molar-refractivity contribution in [2.45, 2.75) is 54.4 Å². The lowest BCUT2D eigenvalue weighted by Crippen LogP contribution is -2.40. The quantitative estimate of drug-likeness (QED) is 0.631. The predicted molar refractivity (Wildman–Crippen MR) is 62.5 cm³/mol. The second kappa shape index (κ2) is 4.65. The van der Waals surface area contributed by atoms with Gasteiger partial charge in [0.2, 0.25) is 5.24 Å². The lowest BCUT2D eigenvalue weighted by molar-refractivity contribution is -0.127. The second-order valence-electron chi connectivity index (χ2n) is 5.44. The Hall–Kier alpha value is -0.0400. The van der Waals surface area contributed by atoms with Crippen LogP contribution in [-0.2, 0) is 4.79 Å². The van der Waals surface area contributed by atoms with E-state index in [0.29, 0.717) is 5.92 Å². The average Bonchev–Trinajstić information content (AvgIpc) is 2.02. The maximum Gasteiger partial charge on any atom is 0.228 e. The van der Waals surface area contributed by atoms with Gasteiger partial charge in [-0.25, -0.2) is 0 Å². The Labute approximate surface area is 93.2 Å². The van der Waals surface area contributed by atoms with Crippen molar-refractivity contribution in [3.8, 4) is 0 Å². The van der Waals surface area contributed by atoms with Crippen LogP contribution >= 0.6 is 11.6 Å². The van der Waals surface area contributed by atoms with Crippen LogP contribution in [0.2, 0.25) is 0 Å². The van der Waals surface area contributed by atoms with Crippen LogP contribution < -0.4 is 0 Å². The molecule has 0 N–H and O–H groups in total. The van der Waals surface area contributed by atoms with Gasteiger partial charge < -0.3 is 0 Å². The molecule has 0 heterocycles. The Morgan fingerprint density at radius 3 is 1.93 bits per heavy atom. The van der Waals surface area contributed by atoms with Crippen LogP contribution in [0.4, 0.5) is 0 Å². The van der Waals surface area contributed by atoms with Gasteiger partial charge in [-0.05, 0) is 35.8 Å². The molecule has 2 heteroatoms. The van der Waals surface area contributed by atoms with Gasteiger partial charge in [-0.15, -0.1) is 0 Å². The fourth-order valence-corrected chi connectivity index (χ4v) is 2.16. The molecule has 84 valence electrons. The normalized spacial score (nSPS) is 16.9. The van der Waals surface area contributed by atoms with Crippen molar-refractivity contribution in [2.75, 3.05) is 0 Å². The van der Waals surface area contributed by atoms with Crippen molar-refractivity contribution in [1.29, 1.82) is 0 Å². The first-order valence-electron chi connectivity index (χ1n) is 5.37. The first kappa shape index (κ1) is 14.0. The fourth-order valence-electron chi connectivity index (χ4n) is 1.83. The zero-order chi connectivity index (χ0) is 11.6. The highest BCUT2D eigenvalue weighted by Gasteiger charge is 2.45. The monoisotopic (exact) mass is 218 g/mol. The van der Waals surface area contributed by atoms with E-state index in [1.807, 2.05) is 6.92 Å². The van der Waals surface area contributed by atoms with E-state index in [9.17, 15) is 4.79 Å². The molecule has 0 amide bonds. The molecule has 14 heavy (non-hydrogen) atoms. The summed E-state index contributed by atoms with van der Waals surface area (Å²) < 4.78 is 0. The molecule has 1 atom stereocenters. The summed E-state index contributed by atoms with van der Waals surface area (Å²) in [6.07, 6.45) is 1.82. The molecule has 1 unspecified atom stereocenters. The van der Waals surface area contributed by atoms with Crippen LogP contribution in [0.1, 0.15) is 54.4 Å². The molecule has 0 radical (unpaired) electrons. The van der Waals surface area contributed by atoms with Gasteiger partial charge in [-0.3, -0.25) is 4.79 Å². The molecule has 0 aromatic heterocycles. The number of hydrogen-bond acceptors (Lipinski definition) is 1. The van der Waals surface area contributed by atoms with E-state index in [1.54, 1.807) is 0 Å². The maximum atomic E-state index is 11.6. The molecule has 0 saturated heterocycles. The van der Waals surface area contributed by atoms with Crippen molar-refractivity contribution in [2.24, 2.45) is 16.7 Å². The zero-order valence-electron chi connectivity index (χ0n) is 10.3. The first-order valence-corrected chi connectivity index (χ1v) is 5.75. The summed E-state index contributed by atoms with van der Waals surface area (Å²) in [4.78, 5) is 11.6. The van der Waals surface area contributed by atoms with Gasteiger partial charge in [0.1, 0.15) is 0 Å². The van der Waals surface area contributed by atoms with Gasteiger partial charge in [0.05, 0.1) is 0 Å². The van der Waals surface area contributed by atoms with E-state index < -0.39 is 5.41 Å². The van der Waals surface area contributed by atoms with Crippen molar-refractivity contribution in [3.63, 3.8) is 0 Å². The topological polar surface area (TPSA) is 17.1 Å². The third-order valence-corrected chi connectivity index (χ3v) is 4.05. The van der Waals surface area contributed by atoms with Gasteiger partial charge >= 0.3 is 0 Å². The van der Waals surface area contributed by atoms with Gasteiger partial charge in [0.25, 0.3) is 0 Å². The Bertz CT molecular complexity index is 208. The van der Waals surface area contributed by atoms with E-state index >= 15 is 0 Å². The van der Waals surface area contributed by atoms with Gasteiger partial charge in [-0.1, -0.05) is 41.5 Å². The van der Waals surface area contributed by atoms with Gasteiger partial charge in [0.15, 0.2) is 0 Å². The fraction of sp³-hybridized carbons (Fsp3) is 0.917. The molecule has 0 aliphatic carbocycles. The standard InChI is InChI=1S/C12H23ClO/c1-7-11(4,5)12(6,10(13)14)8-9(2)3/h9H,7-8H2,1-6H3. The minimum absolute atomic E-state index is 0.0316. The van der Waals surface area contributed by atoms with Crippen molar-refractivity contribution >= 4 is 16.8 Å². The van der Waals surface area contributed by atoms with Crippen molar-refractivity contribution in [1.82, 2.24) is 0 Å². The van der Waals surface area contributed by atoms with Crippen LogP contribution in [0.3, 0.4) is 0 Å². The van der Waals surface area contributed by atoms with Crippen molar-refractivity contribution < 1.29 is 4.79 Å². The largest absolute Gasteiger partial charge is 0.281 e. The van der Waals surface area contributed by atoms with Crippen LogP contribution in [-0.4, -0.2) is 5.24 Å². The predicted octanol–water partition coefficient (Wildman–Crippen LogP) is 4.24. The van der Waals surface area contributed by atoms with Gasteiger partial charge in [-0.2, -0.15) is 0 Å². The summed E-state index contributed by atoms with van der Waals surface area (Å²) in [5.41, 5.74) is -0.437. The summed E-state index contributed by atoms with van der Waals surface area (Å²) in [5.74, 6) is 0.494. The number of carbonyl (C=O) groups is 1. The molecule has 0 saturated carbocycles. The smallest absolute Gasteiger partial charge is 0.228 e. The van der Waals surface area contributed by atoms with Crippen molar-refractivity contribution in [3.05, 3.63) is 0 Å². The highest BCUT2D eigenvalue weighted by Crippen LogP contribution is 2.47. The third kappa shape index (κ3) is 2.73. The molecule has 0 fully saturated rings. The number of hydrogen-bond donors (Lipinski definition) is 0. The minimum Gasteiger partial charge on any atom is -0.281 e. The van der Waals surface area contributed by atoms with E-state index in [2.05, 4.69) is 34.6 Å². The molecular formula is C12H23ClO. The van der Waals surface area contributed by atoms with Gasteiger partial charge in [0, 0.05) is 5.41 Å². The second-order valence-corrected chi connectivity index (χ2v) is 5.78. The van der Waals surface area contributed by atoms with Crippen LogP contribution in [0.25, 0.3) is 0 Å². The highest BCUT2D eigenvalue weighted by molar-refractivity contribution is 6.64. The molecule has 0 aliphatic rings. The number of carbonyl (C=O) groups excluding carboxylic acids is 1. The molecule has 0 aromatic carbocycles. The Balaban J connectivity index is 4.99. The average molecular weight is 219 g/mol. The lowest BCUT2D eigenvalue weighted by atomic mass is 9.62. The molecule has 0 aliphatic heterocycles. The molecule has 1 nitrogen and oxygen atoms in total. The maximum absolute atomic E-state index is 11.6. The van der Waals surface area contributed by atoms with Crippen LogP contribution in [0.5, 0.6) is 0 Å². The Morgan fingerprint density at radius 2 is 1.71 bits per heavy atom. The summed E-state index contributed by atoms with van der Waals surface area (Å²) >= 11 is 5.75. The van der Waals surface area contributed by atoms with Crippen LogP contribution in [0, 0.1) is 16.7 Å².